The third-order valence-corrected chi connectivity index (χ3v) is 4.03. The number of oxime groups is 1. The maximum atomic E-state index is 13.0. The molecular weight excluding hydrogens is 395 g/mol. The minimum atomic E-state index is -0.327. The zero-order chi connectivity index (χ0) is 20.5. The highest BCUT2D eigenvalue weighted by atomic mass is 35.5. The van der Waals surface area contributed by atoms with Gasteiger partial charge in [-0.2, -0.15) is 0 Å². The lowest BCUT2D eigenvalue weighted by atomic mass is 10.2. The Morgan fingerprint density at radius 3 is 2.59 bits per heavy atom. The number of hydrogen-bond acceptors (Lipinski definition) is 4. The molecule has 3 rings (SSSR count). The second kappa shape index (κ2) is 10.2. The number of amides is 1. The summed E-state index contributed by atoms with van der Waals surface area (Å²) in [5.74, 6) is -0.103. The molecule has 0 saturated carbocycles. The van der Waals surface area contributed by atoms with Crippen LogP contribution in [0.15, 0.2) is 78.0 Å². The molecule has 0 aromatic heterocycles. The van der Waals surface area contributed by atoms with Crippen LogP contribution in [0.1, 0.15) is 11.1 Å². The van der Waals surface area contributed by atoms with Gasteiger partial charge in [0.2, 0.25) is 0 Å². The van der Waals surface area contributed by atoms with Gasteiger partial charge >= 0.3 is 0 Å². The average Bonchev–Trinajstić information content (AvgIpc) is 2.72. The monoisotopic (exact) mass is 412 g/mol. The number of hydrogen-bond donors (Lipinski definition) is 1. The van der Waals surface area contributed by atoms with Crippen molar-refractivity contribution in [2.45, 2.75) is 6.61 Å². The molecule has 0 saturated heterocycles. The molecule has 0 radical (unpaired) electrons. The van der Waals surface area contributed by atoms with E-state index >= 15 is 0 Å². The molecular formula is C22H18ClFN2O3. The molecule has 3 aromatic rings. The van der Waals surface area contributed by atoms with E-state index in [1.807, 2.05) is 18.2 Å². The number of benzene rings is 3. The second-order valence-electron chi connectivity index (χ2n) is 6.02. The van der Waals surface area contributed by atoms with Gasteiger partial charge in [-0.1, -0.05) is 47.1 Å². The highest BCUT2D eigenvalue weighted by molar-refractivity contribution is 6.30. The predicted octanol–water partition coefficient (Wildman–Crippen LogP) is 5.05. The van der Waals surface area contributed by atoms with Crippen LogP contribution in [0.2, 0.25) is 5.02 Å². The maximum Gasteiger partial charge on any atom is 0.265 e. The van der Waals surface area contributed by atoms with Crippen molar-refractivity contribution in [2.75, 3.05) is 11.9 Å². The Labute approximate surface area is 172 Å². The summed E-state index contributed by atoms with van der Waals surface area (Å²) in [5.41, 5.74) is 2.08. The molecule has 0 heterocycles. The van der Waals surface area contributed by atoms with Crippen LogP contribution in [-0.2, 0) is 16.2 Å². The van der Waals surface area contributed by atoms with Crippen LogP contribution >= 0.6 is 11.6 Å². The van der Waals surface area contributed by atoms with Crippen LogP contribution in [0.4, 0.5) is 10.1 Å². The number of rotatable bonds is 8. The molecule has 0 unspecified atom stereocenters. The number of ether oxygens (including phenoxy) is 1. The van der Waals surface area contributed by atoms with Crippen molar-refractivity contribution in [1.29, 1.82) is 0 Å². The van der Waals surface area contributed by atoms with Gasteiger partial charge in [0.25, 0.3) is 5.91 Å². The molecule has 7 heteroatoms. The first-order valence-corrected chi connectivity index (χ1v) is 9.15. The van der Waals surface area contributed by atoms with Crippen LogP contribution < -0.4 is 10.1 Å². The number of carbonyl (C=O) groups excluding carboxylic acids is 1. The fourth-order valence-corrected chi connectivity index (χ4v) is 2.58. The van der Waals surface area contributed by atoms with Gasteiger partial charge in [0.1, 0.15) is 18.2 Å². The Balaban J connectivity index is 1.55. The number of carbonyl (C=O) groups is 1. The molecule has 3 aromatic carbocycles. The minimum Gasteiger partial charge on any atom is -0.488 e. The predicted molar refractivity (Wildman–Crippen MR) is 111 cm³/mol. The minimum absolute atomic E-state index is 0.238. The number of nitrogens with one attached hydrogen (secondary N) is 1. The molecule has 29 heavy (non-hydrogen) atoms. The van der Waals surface area contributed by atoms with E-state index in [9.17, 15) is 9.18 Å². The maximum absolute atomic E-state index is 13.0. The molecule has 0 fully saturated rings. The van der Waals surface area contributed by atoms with Crippen molar-refractivity contribution in [3.05, 3.63) is 94.8 Å². The fourth-order valence-electron chi connectivity index (χ4n) is 2.40. The largest absolute Gasteiger partial charge is 0.488 e. The van der Waals surface area contributed by atoms with Gasteiger partial charge in [-0.15, -0.1) is 0 Å². The van der Waals surface area contributed by atoms with Crippen LogP contribution in [0, 0.1) is 5.82 Å². The van der Waals surface area contributed by atoms with Crippen LogP contribution in [0.25, 0.3) is 0 Å². The lowest BCUT2D eigenvalue weighted by Crippen LogP contribution is -2.16. The van der Waals surface area contributed by atoms with Crippen molar-refractivity contribution in [3.8, 4) is 5.75 Å². The highest BCUT2D eigenvalue weighted by Gasteiger charge is 2.05. The van der Waals surface area contributed by atoms with E-state index in [4.69, 9.17) is 21.2 Å². The van der Waals surface area contributed by atoms with Gasteiger partial charge in [0.15, 0.2) is 6.61 Å². The number of nitrogens with zero attached hydrogens (tertiary/aromatic N) is 1. The number of para-hydroxylation sites is 1. The van der Waals surface area contributed by atoms with Gasteiger partial charge in [0.05, 0.1) is 6.21 Å². The topological polar surface area (TPSA) is 59.9 Å². The third-order valence-electron chi connectivity index (χ3n) is 3.80. The Kier molecular flexibility index (Phi) is 7.19. The second-order valence-corrected chi connectivity index (χ2v) is 6.46. The SMILES string of the molecule is O=C(CON=Cc1cc(Cl)ccc1OCc1ccc(F)cc1)Nc1ccccc1. The summed E-state index contributed by atoms with van der Waals surface area (Å²) in [7, 11) is 0. The van der Waals surface area contributed by atoms with E-state index in [-0.39, 0.29) is 24.9 Å². The summed E-state index contributed by atoms with van der Waals surface area (Å²) in [5, 5.41) is 7.01. The summed E-state index contributed by atoms with van der Waals surface area (Å²) in [6, 6.07) is 20.1. The molecule has 0 atom stereocenters. The molecule has 5 nitrogen and oxygen atoms in total. The summed E-state index contributed by atoms with van der Waals surface area (Å²) in [6.07, 6.45) is 1.42. The van der Waals surface area contributed by atoms with Crippen LogP contribution in [0.3, 0.4) is 0 Å². The van der Waals surface area contributed by atoms with Gasteiger partial charge in [-0.25, -0.2) is 4.39 Å². The van der Waals surface area contributed by atoms with E-state index in [2.05, 4.69) is 10.5 Å². The Morgan fingerprint density at radius 2 is 1.83 bits per heavy atom. The van der Waals surface area contributed by atoms with E-state index in [0.29, 0.717) is 22.0 Å². The Hall–Kier alpha value is -3.38. The van der Waals surface area contributed by atoms with Gasteiger partial charge < -0.3 is 14.9 Å². The lowest BCUT2D eigenvalue weighted by molar-refractivity contribution is -0.120. The fraction of sp³-hybridized carbons (Fsp3) is 0.0909. The third kappa shape index (κ3) is 6.62. The Morgan fingerprint density at radius 1 is 1.07 bits per heavy atom. The van der Waals surface area contributed by atoms with Crippen molar-refractivity contribution >= 4 is 29.4 Å². The van der Waals surface area contributed by atoms with E-state index in [1.165, 1.54) is 18.3 Å². The van der Waals surface area contributed by atoms with E-state index in [0.717, 1.165) is 5.56 Å². The van der Waals surface area contributed by atoms with Crippen molar-refractivity contribution < 1.29 is 18.8 Å². The van der Waals surface area contributed by atoms with Crippen LogP contribution in [-0.4, -0.2) is 18.7 Å². The van der Waals surface area contributed by atoms with Gasteiger partial charge in [-0.3, -0.25) is 4.79 Å². The normalized spacial score (nSPS) is 10.7. The standard InChI is InChI=1S/C22H18ClFN2O3/c23-18-8-11-21(28-14-16-6-9-19(24)10-7-16)17(12-18)13-25-29-15-22(27)26-20-4-2-1-3-5-20/h1-13H,14-15H2,(H,26,27). The summed E-state index contributed by atoms with van der Waals surface area (Å²) in [6.45, 7) is 0.0147. The molecule has 148 valence electrons. The molecule has 1 N–H and O–H groups in total. The quantitative estimate of drug-likeness (QED) is 0.416. The summed E-state index contributed by atoms with van der Waals surface area (Å²) >= 11 is 6.04. The summed E-state index contributed by atoms with van der Waals surface area (Å²) in [4.78, 5) is 16.9. The van der Waals surface area contributed by atoms with Crippen molar-refractivity contribution in [3.63, 3.8) is 0 Å². The zero-order valence-electron chi connectivity index (χ0n) is 15.3. The molecule has 0 aliphatic rings. The van der Waals surface area contributed by atoms with Crippen LogP contribution in [0.5, 0.6) is 5.75 Å². The smallest absolute Gasteiger partial charge is 0.265 e. The molecule has 0 aliphatic heterocycles. The lowest BCUT2D eigenvalue weighted by Gasteiger charge is -2.09. The molecule has 0 bridgehead atoms. The average molecular weight is 413 g/mol. The first-order valence-electron chi connectivity index (χ1n) is 8.77. The number of halogens is 2. The number of anilines is 1. The molecule has 0 spiro atoms. The van der Waals surface area contributed by atoms with E-state index < -0.39 is 0 Å². The first kappa shape index (κ1) is 20.4. The molecule has 0 aliphatic carbocycles. The first-order chi connectivity index (χ1) is 14.1. The highest BCUT2D eigenvalue weighted by Crippen LogP contribution is 2.22. The van der Waals surface area contributed by atoms with Gasteiger partial charge in [0, 0.05) is 16.3 Å². The van der Waals surface area contributed by atoms with Gasteiger partial charge in [-0.05, 0) is 48.0 Å². The van der Waals surface area contributed by atoms with Crippen molar-refractivity contribution in [2.24, 2.45) is 5.16 Å². The zero-order valence-corrected chi connectivity index (χ0v) is 16.1. The van der Waals surface area contributed by atoms with E-state index in [1.54, 1.807) is 42.5 Å². The summed E-state index contributed by atoms with van der Waals surface area (Å²) < 4.78 is 18.8. The van der Waals surface area contributed by atoms with Crippen molar-refractivity contribution in [1.82, 2.24) is 0 Å². The molecule has 1 amide bonds. The Bertz CT molecular complexity index is 979.